The van der Waals surface area contributed by atoms with Gasteiger partial charge in [0.1, 0.15) is 0 Å². The molecule has 1 aliphatic carbocycles. The predicted octanol–water partition coefficient (Wildman–Crippen LogP) is 10.6. The number of aromatic nitrogens is 2. The average molecular weight is 551 g/mol. The quantitative estimate of drug-likeness (QED) is 0.218. The molecule has 1 aliphatic rings. The minimum atomic E-state index is -0.132. The molecule has 8 rings (SSSR count). The molecule has 0 saturated carbocycles. The van der Waals surface area contributed by atoms with Gasteiger partial charge >= 0.3 is 0 Å². The molecule has 0 radical (unpaired) electrons. The van der Waals surface area contributed by atoms with E-state index < -0.39 is 0 Å². The van der Waals surface area contributed by atoms with Crippen LogP contribution in [0.3, 0.4) is 0 Å². The van der Waals surface area contributed by atoms with Crippen LogP contribution in [0.4, 0.5) is 0 Å². The van der Waals surface area contributed by atoms with Gasteiger partial charge < -0.3 is 0 Å². The molecular weight excluding hydrogens is 520 g/mol. The second-order valence-electron chi connectivity index (χ2n) is 11.8. The fourth-order valence-corrected chi connectivity index (χ4v) is 6.78. The zero-order valence-electron chi connectivity index (χ0n) is 24.3. The smallest absolute Gasteiger partial charge is 0.160 e. The van der Waals surface area contributed by atoms with E-state index in [9.17, 15) is 0 Å². The summed E-state index contributed by atoms with van der Waals surface area (Å²) >= 11 is 0. The lowest BCUT2D eigenvalue weighted by Gasteiger charge is -2.23. The third-order valence-corrected chi connectivity index (χ3v) is 8.88. The van der Waals surface area contributed by atoms with Crippen molar-refractivity contribution in [3.63, 3.8) is 0 Å². The van der Waals surface area contributed by atoms with Gasteiger partial charge in [0, 0.05) is 22.1 Å². The van der Waals surface area contributed by atoms with Gasteiger partial charge in [-0.2, -0.15) is 0 Å². The second-order valence-corrected chi connectivity index (χ2v) is 11.8. The van der Waals surface area contributed by atoms with E-state index in [1.807, 2.05) is 24.3 Å². The molecule has 1 aromatic heterocycles. The van der Waals surface area contributed by atoms with Crippen molar-refractivity contribution in [2.24, 2.45) is 0 Å². The van der Waals surface area contributed by atoms with E-state index in [0.717, 1.165) is 33.9 Å². The van der Waals surface area contributed by atoms with E-state index in [2.05, 4.69) is 135 Å². The van der Waals surface area contributed by atoms with Crippen LogP contribution in [0.2, 0.25) is 0 Å². The van der Waals surface area contributed by atoms with Crippen LogP contribution in [-0.2, 0) is 5.41 Å². The van der Waals surface area contributed by atoms with Crippen molar-refractivity contribution in [3.05, 3.63) is 157 Å². The Morgan fingerprint density at radius 2 is 1.09 bits per heavy atom. The molecule has 7 aromatic rings. The van der Waals surface area contributed by atoms with Crippen LogP contribution in [0.1, 0.15) is 25.0 Å². The molecule has 6 aromatic carbocycles. The third-order valence-electron chi connectivity index (χ3n) is 8.88. The van der Waals surface area contributed by atoms with Crippen molar-refractivity contribution in [1.29, 1.82) is 0 Å². The average Bonchev–Trinajstić information content (AvgIpc) is 3.32. The van der Waals surface area contributed by atoms with Crippen LogP contribution in [0.5, 0.6) is 0 Å². The summed E-state index contributed by atoms with van der Waals surface area (Å²) in [5.41, 5.74) is 12.6. The molecule has 0 aliphatic heterocycles. The zero-order chi connectivity index (χ0) is 29.0. The number of fused-ring (bicyclic) bond motifs is 5. The van der Waals surface area contributed by atoms with Crippen molar-refractivity contribution in [2.45, 2.75) is 19.3 Å². The van der Waals surface area contributed by atoms with Crippen molar-refractivity contribution < 1.29 is 0 Å². The second kappa shape index (κ2) is 9.89. The molecule has 2 nitrogen and oxygen atoms in total. The van der Waals surface area contributed by atoms with Gasteiger partial charge in [0.2, 0.25) is 0 Å². The lowest BCUT2D eigenvalue weighted by molar-refractivity contribution is 0.666. The number of rotatable bonds is 4. The Labute approximate surface area is 252 Å². The molecular formula is C41H30N2. The van der Waals surface area contributed by atoms with E-state index in [-0.39, 0.29) is 5.41 Å². The van der Waals surface area contributed by atoms with E-state index in [1.165, 1.54) is 44.2 Å². The summed E-state index contributed by atoms with van der Waals surface area (Å²) in [4.78, 5) is 10.3. The van der Waals surface area contributed by atoms with E-state index in [0.29, 0.717) is 0 Å². The molecule has 0 spiro atoms. The van der Waals surface area contributed by atoms with Gasteiger partial charge in [-0.3, -0.25) is 0 Å². The Hall–Kier alpha value is -5.34. The standard InChI is InChI=1S/C41H30N2/c1-41(2)35-19-11-18-33(38(35)34-25-24-29-14-9-10-17-32(29)39(34)41)37-26-36(42-40(43-37)31-15-7-4-8-16-31)30-22-20-28(21-23-30)27-12-5-3-6-13-27/h3-26H,1-2H3. The lowest BCUT2D eigenvalue weighted by atomic mass is 9.80. The molecule has 0 N–H and O–H groups in total. The molecule has 0 saturated heterocycles. The van der Waals surface area contributed by atoms with Crippen LogP contribution < -0.4 is 0 Å². The summed E-state index contributed by atoms with van der Waals surface area (Å²) in [7, 11) is 0. The molecule has 1 heterocycles. The SMILES string of the molecule is CC1(C)c2cccc(-c3cc(-c4ccc(-c5ccccc5)cc4)nc(-c4ccccc4)n3)c2-c2ccc3ccccc3c21. The van der Waals surface area contributed by atoms with E-state index in [4.69, 9.17) is 9.97 Å². The van der Waals surface area contributed by atoms with Gasteiger partial charge in [0.25, 0.3) is 0 Å². The molecule has 204 valence electrons. The summed E-state index contributed by atoms with van der Waals surface area (Å²) in [6, 6.07) is 51.6. The maximum Gasteiger partial charge on any atom is 0.160 e. The monoisotopic (exact) mass is 550 g/mol. The highest BCUT2D eigenvalue weighted by Crippen LogP contribution is 2.54. The van der Waals surface area contributed by atoms with Crippen LogP contribution in [-0.4, -0.2) is 9.97 Å². The van der Waals surface area contributed by atoms with Gasteiger partial charge in [0.05, 0.1) is 11.4 Å². The third kappa shape index (κ3) is 4.18. The van der Waals surface area contributed by atoms with Crippen LogP contribution in [0, 0.1) is 0 Å². The topological polar surface area (TPSA) is 25.8 Å². The molecule has 0 fully saturated rings. The highest BCUT2D eigenvalue weighted by molar-refractivity contribution is 6.01. The maximum absolute atomic E-state index is 5.21. The Bertz CT molecular complexity index is 2130. The van der Waals surface area contributed by atoms with Gasteiger partial charge in [-0.25, -0.2) is 9.97 Å². The largest absolute Gasteiger partial charge is 0.228 e. The van der Waals surface area contributed by atoms with Crippen LogP contribution >= 0.6 is 0 Å². The first-order valence-corrected chi connectivity index (χ1v) is 14.8. The number of benzene rings is 6. The zero-order valence-corrected chi connectivity index (χ0v) is 24.3. The molecule has 0 unspecified atom stereocenters. The van der Waals surface area contributed by atoms with Gasteiger partial charge in [0.15, 0.2) is 5.82 Å². The predicted molar refractivity (Wildman–Crippen MR) is 179 cm³/mol. The van der Waals surface area contributed by atoms with Gasteiger partial charge in [-0.05, 0) is 50.2 Å². The van der Waals surface area contributed by atoms with Crippen molar-refractivity contribution in [3.8, 4) is 56.2 Å². The first-order valence-electron chi connectivity index (χ1n) is 14.8. The molecule has 2 heteroatoms. The van der Waals surface area contributed by atoms with Crippen LogP contribution in [0.25, 0.3) is 66.9 Å². The van der Waals surface area contributed by atoms with Crippen molar-refractivity contribution >= 4 is 10.8 Å². The number of hydrogen-bond donors (Lipinski definition) is 0. The normalized spacial score (nSPS) is 13.1. The molecule has 0 amide bonds. The minimum Gasteiger partial charge on any atom is -0.228 e. The maximum atomic E-state index is 5.21. The summed E-state index contributed by atoms with van der Waals surface area (Å²) in [5, 5.41) is 2.59. The summed E-state index contributed by atoms with van der Waals surface area (Å²) in [5.74, 6) is 0.730. The molecule has 43 heavy (non-hydrogen) atoms. The first kappa shape index (κ1) is 25.4. The Balaban J connectivity index is 1.33. The summed E-state index contributed by atoms with van der Waals surface area (Å²) in [6.07, 6.45) is 0. The number of nitrogens with zero attached hydrogens (tertiary/aromatic N) is 2. The highest BCUT2D eigenvalue weighted by Gasteiger charge is 2.38. The summed E-state index contributed by atoms with van der Waals surface area (Å²) < 4.78 is 0. The first-order chi connectivity index (χ1) is 21.1. The fraction of sp³-hybridized carbons (Fsp3) is 0.0732. The molecule has 0 atom stereocenters. The van der Waals surface area contributed by atoms with Gasteiger partial charge in [-0.1, -0.05) is 153 Å². The Morgan fingerprint density at radius 1 is 0.465 bits per heavy atom. The Morgan fingerprint density at radius 3 is 1.86 bits per heavy atom. The van der Waals surface area contributed by atoms with Crippen LogP contribution in [0.15, 0.2) is 146 Å². The highest BCUT2D eigenvalue weighted by atomic mass is 14.9. The van der Waals surface area contributed by atoms with Gasteiger partial charge in [-0.15, -0.1) is 0 Å². The minimum absolute atomic E-state index is 0.132. The lowest BCUT2D eigenvalue weighted by Crippen LogP contribution is -2.15. The molecule has 0 bridgehead atoms. The van der Waals surface area contributed by atoms with E-state index in [1.54, 1.807) is 0 Å². The fourth-order valence-electron chi connectivity index (χ4n) is 6.78. The Kier molecular flexibility index (Phi) is 5.84. The van der Waals surface area contributed by atoms with Crippen molar-refractivity contribution in [2.75, 3.05) is 0 Å². The van der Waals surface area contributed by atoms with E-state index >= 15 is 0 Å². The number of hydrogen-bond acceptors (Lipinski definition) is 2. The van der Waals surface area contributed by atoms with Crippen molar-refractivity contribution in [1.82, 2.24) is 9.97 Å². The summed E-state index contributed by atoms with van der Waals surface area (Å²) in [6.45, 7) is 4.70.